The van der Waals surface area contributed by atoms with E-state index < -0.39 is 0 Å². The molecule has 21 heavy (non-hydrogen) atoms. The van der Waals surface area contributed by atoms with Crippen LogP contribution in [0.2, 0.25) is 0 Å². The molecule has 0 radical (unpaired) electrons. The molecule has 0 aromatic carbocycles. The number of imidazole rings is 1. The summed E-state index contributed by atoms with van der Waals surface area (Å²) in [5.74, 6) is 0. The lowest BCUT2D eigenvalue weighted by atomic mass is 10.4. The van der Waals surface area contributed by atoms with E-state index in [1.54, 1.807) is 30.2 Å². The van der Waals surface area contributed by atoms with E-state index in [2.05, 4.69) is 33.4 Å². The molecule has 0 aliphatic rings. The minimum absolute atomic E-state index is 0.712. The van der Waals surface area contributed by atoms with Crippen molar-refractivity contribution in [3.8, 4) is 0 Å². The third-order valence-corrected chi connectivity index (χ3v) is 5.12. The van der Waals surface area contributed by atoms with Crippen LogP contribution in [-0.2, 0) is 11.3 Å². The van der Waals surface area contributed by atoms with Gasteiger partial charge in [-0.25, -0.2) is 4.98 Å². The van der Waals surface area contributed by atoms with E-state index >= 15 is 0 Å². The summed E-state index contributed by atoms with van der Waals surface area (Å²) in [7, 11) is 1.72. The van der Waals surface area contributed by atoms with Crippen LogP contribution in [-0.4, -0.2) is 29.6 Å². The Morgan fingerprint density at radius 3 is 3.10 bits per heavy atom. The molecule has 0 aliphatic carbocycles. The smallest absolute Gasteiger partial charge is 0.138 e. The van der Waals surface area contributed by atoms with Gasteiger partial charge in [-0.1, -0.05) is 23.9 Å². The minimum atomic E-state index is 0.712. The lowest BCUT2D eigenvalue weighted by Crippen LogP contribution is -2.19. The fourth-order valence-electron chi connectivity index (χ4n) is 2.07. The van der Waals surface area contributed by atoms with Crippen LogP contribution >= 0.6 is 23.1 Å². The first-order chi connectivity index (χ1) is 10.4. The van der Waals surface area contributed by atoms with Gasteiger partial charge in [0, 0.05) is 26.4 Å². The zero-order valence-corrected chi connectivity index (χ0v) is 13.4. The second-order valence-electron chi connectivity index (χ2n) is 4.50. The van der Waals surface area contributed by atoms with Crippen molar-refractivity contribution in [1.29, 1.82) is 0 Å². The van der Waals surface area contributed by atoms with Crippen LogP contribution in [0.15, 0.2) is 51.1 Å². The molecule has 0 bridgehead atoms. The molecule has 0 saturated heterocycles. The summed E-state index contributed by atoms with van der Waals surface area (Å²) < 4.78 is 8.48. The maximum atomic E-state index is 5.08. The predicted molar refractivity (Wildman–Crippen MR) is 87.2 cm³/mol. The molecule has 0 saturated carbocycles. The summed E-state index contributed by atoms with van der Waals surface area (Å²) in [5.41, 5.74) is 2.18. The molecule has 110 valence electrons. The third kappa shape index (κ3) is 3.47. The van der Waals surface area contributed by atoms with Crippen molar-refractivity contribution >= 4 is 28.7 Å². The number of aromatic nitrogens is 2. The zero-order chi connectivity index (χ0) is 14.5. The van der Waals surface area contributed by atoms with E-state index in [1.807, 2.05) is 18.2 Å². The highest BCUT2D eigenvalue weighted by Gasteiger charge is 2.13. The molecule has 1 N–H and O–H groups in total. The number of hydrogen-bond acceptors (Lipinski definition) is 5. The van der Waals surface area contributed by atoms with Gasteiger partial charge in [-0.3, -0.25) is 0 Å². The van der Waals surface area contributed by atoms with Crippen molar-refractivity contribution in [2.75, 3.05) is 20.3 Å². The second kappa shape index (κ2) is 7.09. The second-order valence-corrected chi connectivity index (χ2v) is 6.73. The number of ether oxygens (including phenoxy) is 1. The van der Waals surface area contributed by atoms with Gasteiger partial charge in [0.25, 0.3) is 0 Å². The van der Waals surface area contributed by atoms with Gasteiger partial charge in [-0.05, 0) is 23.6 Å². The Kier molecular flexibility index (Phi) is 4.92. The average molecular weight is 319 g/mol. The highest BCUT2D eigenvalue weighted by molar-refractivity contribution is 8.01. The van der Waals surface area contributed by atoms with Gasteiger partial charge in [-0.15, -0.1) is 11.3 Å². The van der Waals surface area contributed by atoms with Gasteiger partial charge in [-0.2, -0.15) is 0 Å². The number of rotatable bonds is 7. The van der Waals surface area contributed by atoms with Gasteiger partial charge < -0.3 is 14.5 Å². The first-order valence-corrected chi connectivity index (χ1v) is 8.45. The van der Waals surface area contributed by atoms with Crippen LogP contribution in [0.3, 0.4) is 0 Å². The van der Waals surface area contributed by atoms with Crippen LogP contribution in [0.1, 0.15) is 5.69 Å². The number of hydrogen-bond donors (Lipinski definition) is 1. The molecule has 3 heterocycles. The van der Waals surface area contributed by atoms with Crippen LogP contribution in [0, 0.1) is 0 Å². The lowest BCUT2D eigenvalue weighted by Gasteiger charge is -2.06. The van der Waals surface area contributed by atoms with Crippen molar-refractivity contribution in [3.05, 3.63) is 47.6 Å². The molecule has 0 spiro atoms. The van der Waals surface area contributed by atoms with E-state index in [-0.39, 0.29) is 0 Å². The Labute approximate surface area is 132 Å². The monoisotopic (exact) mass is 319 g/mol. The summed E-state index contributed by atoms with van der Waals surface area (Å²) in [5, 5.41) is 6.56. The number of methoxy groups -OCH3 is 1. The number of thiophene rings is 1. The standard InChI is InChI=1S/C15H17N3OS2/c1-19-9-7-16-11-12-15(21-14-6-4-10-20-14)17-13-5-2-3-8-18(12)13/h2-6,8,10,16H,7,9,11H2,1H3. The molecule has 3 aromatic heterocycles. The minimum Gasteiger partial charge on any atom is -0.383 e. The Balaban J connectivity index is 1.86. The van der Waals surface area contributed by atoms with Crippen molar-refractivity contribution in [1.82, 2.24) is 14.7 Å². The third-order valence-electron chi connectivity index (χ3n) is 3.06. The molecule has 0 fully saturated rings. The largest absolute Gasteiger partial charge is 0.383 e. The quantitative estimate of drug-likeness (QED) is 0.678. The van der Waals surface area contributed by atoms with Gasteiger partial charge in [0.2, 0.25) is 0 Å². The van der Waals surface area contributed by atoms with Crippen molar-refractivity contribution in [2.45, 2.75) is 15.8 Å². The lowest BCUT2D eigenvalue weighted by molar-refractivity contribution is 0.199. The van der Waals surface area contributed by atoms with E-state index in [4.69, 9.17) is 9.72 Å². The van der Waals surface area contributed by atoms with Crippen LogP contribution in [0.25, 0.3) is 5.65 Å². The normalized spacial score (nSPS) is 11.3. The highest BCUT2D eigenvalue weighted by atomic mass is 32.2. The molecule has 0 unspecified atom stereocenters. The van der Waals surface area contributed by atoms with Crippen LogP contribution in [0.5, 0.6) is 0 Å². The van der Waals surface area contributed by atoms with Gasteiger partial charge in [0.15, 0.2) is 0 Å². The fourth-order valence-corrected chi connectivity index (χ4v) is 3.87. The van der Waals surface area contributed by atoms with Crippen molar-refractivity contribution in [3.63, 3.8) is 0 Å². The van der Waals surface area contributed by atoms with E-state index in [1.165, 1.54) is 9.90 Å². The van der Waals surface area contributed by atoms with Gasteiger partial charge >= 0.3 is 0 Å². The summed E-state index contributed by atoms with van der Waals surface area (Å²) in [6.07, 6.45) is 2.06. The van der Waals surface area contributed by atoms with Crippen LogP contribution in [0.4, 0.5) is 0 Å². The van der Waals surface area contributed by atoms with E-state index in [9.17, 15) is 0 Å². The summed E-state index contributed by atoms with van der Waals surface area (Å²) in [4.78, 5) is 4.75. The topological polar surface area (TPSA) is 38.6 Å². The maximum Gasteiger partial charge on any atom is 0.138 e. The van der Waals surface area contributed by atoms with E-state index in [0.717, 1.165) is 23.8 Å². The summed E-state index contributed by atoms with van der Waals surface area (Å²) in [6, 6.07) is 10.3. The molecular formula is C15H17N3OS2. The number of nitrogens with one attached hydrogen (secondary N) is 1. The Morgan fingerprint density at radius 1 is 1.33 bits per heavy atom. The first kappa shape index (κ1) is 14.6. The van der Waals surface area contributed by atoms with Crippen molar-refractivity contribution < 1.29 is 4.74 Å². The van der Waals surface area contributed by atoms with Crippen LogP contribution < -0.4 is 5.32 Å². The molecule has 0 aliphatic heterocycles. The molecular weight excluding hydrogens is 302 g/mol. The van der Waals surface area contributed by atoms with Crippen molar-refractivity contribution in [2.24, 2.45) is 0 Å². The highest BCUT2D eigenvalue weighted by Crippen LogP contribution is 2.33. The Bertz CT molecular complexity index is 694. The average Bonchev–Trinajstić information content (AvgIpc) is 3.12. The van der Waals surface area contributed by atoms with E-state index in [0.29, 0.717) is 6.61 Å². The number of pyridine rings is 1. The molecule has 0 atom stereocenters. The summed E-state index contributed by atoms with van der Waals surface area (Å²) >= 11 is 3.47. The first-order valence-electron chi connectivity index (χ1n) is 6.75. The SMILES string of the molecule is COCCNCc1c(Sc2cccs2)nc2ccccn12. The van der Waals surface area contributed by atoms with Gasteiger partial charge in [0.1, 0.15) is 10.7 Å². The Hall–Kier alpha value is -1.34. The molecule has 4 nitrogen and oxygen atoms in total. The molecule has 0 amide bonds. The Morgan fingerprint density at radius 2 is 2.29 bits per heavy atom. The number of fused-ring (bicyclic) bond motifs is 1. The predicted octanol–water partition coefficient (Wildman–Crippen LogP) is 3.28. The maximum absolute atomic E-state index is 5.08. The molecule has 3 rings (SSSR count). The molecule has 6 heteroatoms. The fraction of sp³-hybridized carbons (Fsp3) is 0.267. The zero-order valence-electron chi connectivity index (χ0n) is 11.8. The molecule has 3 aromatic rings. The summed E-state index contributed by atoms with van der Waals surface area (Å²) in [6.45, 7) is 2.33. The van der Waals surface area contributed by atoms with Gasteiger partial charge in [0.05, 0.1) is 16.5 Å². The number of nitrogens with zero attached hydrogens (tertiary/aromatic N) is 2.